The fourth-order valence-corrected chi connectivity index (χ4v) is 3.44. The lowest BCUT2D eigenvalue weighted by atomic mass is 10.2. The standard InChI is InChI=1S/C16H12BrF2N3O2S/c17-12-3-1-11(2-4-12)9-22-10-13(8-20-22)21-25(23,24)14-5-6-15(18)16(19)7-14/h1-8,10,21H,9H2. The minimum Gasteiger partial charge on any atom is -0.276 e. The number of hydrogen-bond acceptors (Lipinski definition) is 3. The maximum absolute atomic E-state index is 13.2. The van der Waals surface area contributed by atoms with Crippen molar-refractivity contribution < 1.29 is 17.2 Å². The van der Waals surface area contributed by atoms with Gasteiger partial charge in [0.1, 0.15) is 0 Å². The lowest BCUT2D eigenvalue weighted by molar-refractivity contribution is 0.504. The van der Waals surface area contributed by atoms with Crippen molar-refractivity contribution in [2.45, 2.75) is 11.4 Å². The summed E-state index contributed by atoms with van der Waals surface area (Å²) in [6.45, 7) is 0.459. The van der Waals surface area contributed by atoms with Crippen LogP contribution in [-0.4, -0.2) is 18.2 Å². The highest BCUT2D eigenvalue weighted by Gasteiger charge is 2.17. The zero-order chi connectivity index (χ0) is 18.0. The molecule has 3 rings (SSSR count). The number of nitrogens with one attached hydrogen (secondary N) is 1. The molecule has 0 saturated heterocycles. The van der Waals surface area contributed by atoms with E-state index in [0.717, 1.165) is 22.2 Å². The van der Waals surface area contributed by atoms with Crippen molar-refractivity contribution in [2.75, 3.05) is 4.72 Å². The van der Waals surface area contributed by atoms with E-state index < -0.39 is 21.7 Å². The van der Waals surface area contributed by atoms with Gasteiger partial charge in [-0.15, -0.1) is 0 Å². The van der Waals surface area contributed by atoms with Gasteiger partial charge in [-0.3, -0.25) is 9.40 Å². The van der Waals surface area contributed by atoms with Gasteiger partial charge in [0, 0.05) is 10.7 Å². The first-order valence-electron chi connectivity index (χ1n) is 7.08. The number of rotatable bonds is 5. The predicted octanol–water partition coefficient (Wildman–Crippen LogP) is 3.77. The molecule has 0 amide bonds. The molecular weight excluding hydrogens is 416 g/mol. The van der Waals surface area contributed by atoms with Crippen molar-refractivity contribution >= 4 is 31.6 Å². The van der Waals surface area contributed by atoms with Gasteiger partial charge in [-0.05, 0) is 35.9 Å². The predicted molar refractivity (Wildman–Crippen MR) is 92.6 cm³/mol. The summed E-state index contributed by atoms with van der Waals surface area (Å²) in [6, 6.07) is 10.0. The minimum atomic E-state index is -4.03. The molecule has 2 aromatic carbocycles. The summed E-state index contributed by atoms with van der Waals surface area (Å²) in [6.07, 6.45) is 2.86. The van der Waals surface area contributed by atoms with E-state index in [-0.39, 0.29) is 10.6 Å². The SMILES string of the molecule is O=S(=O)(Nc1cnn(Cc2ccc(Br)cc2)c1)c1ccc(F)c(F)c1. The third kappa shape index (κ3) is 4.23. The van der Waals surface area contributed by atoms with Gasteiger partial charge < -0.3 is 0 Å². The second-order valence-electron chi connectivity index (χ2n) is 5.23. The third-order valence-corrected chi connectivity index (χ3v) is 5.25. The molecule has 9 heteroatoms. The van der Waals surface area contributed by atoms with E-state index in [1.54, 1.807) is 4.68 Å². The molecule has 5 nitrogen and oxygen atoms in total. The Hall–Kier alpha value is -2.26. The Bertz CT molecular complexity index is 1000. The summed E-state index contributed by atoms with van der Waals surface area (Å²) in [5.41, 5.74) is 1.21. The van der Waals surface area contributed by atoms with Crippen LogP contribution in [0.5, 0.6) is 0 Å². The van der Waals surface area contributed by atoms with Crippen LogP contribution in [0.2, 0.25) is 0 Å². The van der Waals surface area contributed by atoms with Gasteiger partial charge in [-0.1, -0.05) is 28.1 Å². The van der Waals surface area contributed by atoms with Crippen LogP contribution < -0.4 is 4.72 Å². The van der Waals surface area contributed by atoms with E-state index in [9.17, 15) is 17.2 Å². The molecule has 1 heterocycles. The number of benzene rings is 2. The molecule has 1 aromatic heterocycles. The number of aromatic nitrogens is 2. The summed E-state index contributed by atoms with van der Waals surface area (Å²) >= 11 is 3.35. The van der Waals surface area contributed by atoms with E-state index in [4.69, 9.17) is 0 Å². The maximum atomic E-state index is 13.2. The first-order chi connectivity index (χ1) is 11.8. The third-order valence-electron chi connectivity index (χ3n) is 3.34. The molecule has 0 radical (unpaired) electrons. The van der Waals surface area contributed by atoms with Crippen LogP contribution in [0.15, 0.2) is 64.2 Å². The number of hydrogen-bond donors (Lipinski definition) is 1. The molecule has 0 spiro atoms. The largest absolute Gasteiger partial charge is 0.276 e. The van der Waals surface area contributed by atoms with Crippen molar-refractivity contribution in [2.24, 2.45) is 0 Å². The van der Waals surface area contributed by atoms with Gasteiger partial charge in [0.15, 0.2) is 11.6 Å². The van der Waals surface area contributed by atoms with E-state index in [0.29, 0.717) is 12.6 Å². The molecule has 25 heavy (non-hydrogen) atoms. The maximum Gasteiger partial charge on any atom is 0.262 e. The van der Waals surface area contributed by atoms with Crippen LogP contribution in [-0.2, 0) is 16.6 Å². The van der Waals surface area contributed by atoms with E-state index in [1.807, 2.05) is 24.3 Å². The summed E-state index contributed by atoms with van der Waals surface area (Å²) in [4.78, 5) is -0.368. The summed E-state index contributed by atoms with van der Waals surface area (Å²) in [7, 11) is -4.03. The summed E-state index contributed by atoms with van der Waals surface area (Å²) in [5, 5.41) is 4.09. The molecule has 3 aromatic rings. The van der Waals surface area contributed by atoms with Crippen molar-refractivity contribution in [3.8, 4) is 0 Å². The molecular formula is C16H12BrF2N3O2S. The zero-order valence-corrected chi connectivity index (χ0v) is 15.1. The Labute approximate surface area is 151 Å². The molecule has 0 saturated carbocycles. The highest BCUT2D eigenvalue weighted by molar-refractivity contribution is 9.10. The lowest BCUT2D eigenvalue weighted by Crippen LogP contribution is -2.13. The van der Waals surface area contributed by atoms with E-state index >= 15 is 0 Å². The molecule has 0 aliphatic rings. The van der Waals surface area contributed by atoms with E-state index in [1.165, 1.54) is 12.4 Å². The first kappa shape index (κ1) is 17.6. The highest BCUT2D eigenvalue weighted by Crippen LogP contribution is 2.18. The molecule has 0 aliphatic heterocycles. The van der Waals surface area contributed by atoms with Gasteiger partial charge in [-0.25, -0.2) is 17.2 Å². The van der Waals surface area contributed by atoms with Crippen LogP contribution in [0.25, 0.3) is 0 Å². The Balaban J connectivity index is 1.75. The molecule has 0 aliphatic carbocycles. The highest BCUT2D eigenvalue weighted by atomic mass is 79.9. The fourth-order valence-electron chi connectivity index (χ4n) is 2.14. The topological polar surface area (TPSA) is 64.0 Å². The zero-order valence-electron chi connectivity index (χ0n) is 12.7. The van der Waals surface area contributed by atoms with Crippen LogP contribution >= 0.6 is 15.9 Å². The average Bonchev–Trinajstić information content (AvgIpc) is 2.98. The number of halogens is 3. The minimum absolute atomic E-state index is 0.224. The van der Waals surface area contributed by atoms with Gasteiger partial charge in [0.2, 0.25) is 0 Å². The van der Waals surface area contributed by atoms with Crippen molar-refractivity contribution in [3.63, 3.8) is 0 Å². The number of sulfonamides is 1. The number of anilines is 1. The molecule has 0 atom stereocenters. The fraction of sp³-hybridized carbons (Fsp3) is 0.0625. The molecule has 1 N–H and O–H groups in total. The second-order valence-corrected chi connectivity index (χ2v) is 7.83. The number of nitrogens with zero attached hydrogens (tertiary/aromatic N) is 2. The van der Waals surface area contributed by atoms with Crippen LogP contribution in [0, 0.1) is 11.6 Å². The molecule has 0 bridgehead atoms. The lowest BCUT2D eigenvalue weighted by Gasteiger charge is -2.06. The van der Waals surface area contributed by atoms with Crippen LogP contribution in [0.3, 0.4) is 0 Å². The summed E-state index contributed by atoms with van der Waals surface area (Å²) in [5.74, 6) is -2.34. The van der Waals surface area contributed by atoms with Crippen molar-refractivity contribution in [3.05, 3.63) is 76.5 Å². The van der Waals surface area contributed by atoms with Gasteiger partial charge in [0.05, 0.1) is 23.3 Å². The van der Waals surface area contributed by atoms with Crippen LogP contribution in [0.1, 0.15) is 5.56 Å². The van der Waals surface area contributed by atoms with Gasteiger partial charge in [0.25, 0.3) is 10.0 Å². The molecule has 0 unspecified atom stereocenters. The Morgan fingerprint density at radius 2 is 1.80 bits per heavy atom. The molecule has 130 valence electrons. The quantitative estimate of drug-likeness (QED) is 0.673. The van der Waals surface area contributed by atoms with Crippen molar-refractivity contribution in [1.82, 2.24) is 9.78 Å². The Kier molecular flexibility index (Phi) is 4.87. The molecule has 0 fully saturated rings. The summed E-state index contributed by atoms with van der Waals surface area (Å²) < 4.78 is 55.4. The monoisotopic (exact) mass is 427 g/mol. The normalized spacial score (nSPS) is 11.5. The van der Waals surface area contributed by atoms with Crippen LogP contribution in [0.4, 0.5) is 14.5 Å². The Morgan fingerprint density at radius 3 is 2.48 bits per heavy atom. The Morgan fingerprint density at radius 1 is 1.08 bits per heavy atom. The van der Waals surface area contributed by atoms with Gasteiger partial charge in [-0.2, -0.15) is 5.10 Å². The first-order valence-corrected chi connectivity index (χ1v) is 9.36. The van der Waals surface area contributed by atoms with E-state index in [2.05, 4.69) is 25.8 Å². The van der Waals surface area contributed by atoms with Gasteiger partial charge >= 0.3 is 0 Å². The second kappa shape index (κ2) is 6.93. The smallest absolute Gasteiger partial charge is 0.262 e. The van der Waals surface area contributed by atoms with Crippen molar-refractivity contribution in [1.29, 1.82) is 0 Å². The average molecular weight is 428 g/mol.